The minimum atomic E-state index is -0.409. The maximum absolute atomic E-state index is 10.8. The monoisotopic (exact) mass is 195 g/mol. The molecule has 0 aromatic heterocycles. The van der Waals surface area contributed by atoms with Crippen LogP contribution >= 0.6 is 0 Å². The van der Waals surface area contributed by atoms with E-state index in [1.54, 1.807) is 7.11 Å². The molecule has 0 bridgehead atoms. The minimum absolute atomic E-state index is 0.409. The van der Waals surface area contributed by atoms with Crippen molar-refractivity contribution in [3.8, 4) is 5.75 Å². The van der Waals surface area contributed by atoms with Crippen LogP contribution in [0.4, 0.5) is 4.79 Å². The zero-order valence-electron chi connectivity index (χ0n) is 7.91. The third-order valence-corrected chi connectivity index (χ3v) is 1.72. The van der Waals surface area contributed by atoms with Gasteiger partial charge < -0.3 is 10.1 Å². The van der Waals surface area contributed by atoms with Gasteiger partial charge in [0.25, 0.3) is 0 Å². The van der Waals surface area contributed by atoms with E-state index in [1.165, 1.54) is 0 Å². The normalized spacial score (nSPS) is 9.29. The Morgan fingerprint density at radius 2 is 2.36 bits per heavy atom. The van der Waals surface area contributed by atoms with Gasteiger partial charge in [0.05, 0.1) is 7.11 Å². The molecule has 0 radical (unpaired) electrons. The molecule has 0 atom stereocenters. The summed E-state index contributed by atoms with van der Waals surface area (Å²) < 4.78 is 5.03. The summed E-state index contributed by atoms with van der Waals surface area (Å²) in [5.41, 5.74) is 2.93. The molecular formula is C9H13N3O2. The molecule has 5 heteroatoms. The van der Waals surface area contributed by atoms with Gasteiger partial charge in [0, 0.05) is 6.54 Å². The summed E-state index contributed by atoms with van der Waals surface area (Å²) in [5.74, 6) is 5.67. The van der Waals surface area contributed by atoms with Crippen molar-refractivity contribution in [3.05, 3.63) is 29.8 Å². The van der Waals surface area contributed by atoms with Crippen molar-refractivity contribution in [2.45, 2.75) is 6.54 Å². The van der Waals surface area contributed by atoms with E-state index in [1.807, 2.05) is 29.7 Å². The van der Waals surface area contributed by atoms with Crippen LogP contribution in [-0.4, -0.2) is 13.1 Å². The van der Waals surface area contributed by atoms with Gasteiger partial charge in [-0.15, -0.1) is 0 Å². The summed E-state index contributed by atoms with van der Waals surface area (Å²) in [6.07, 6.45) is 0. The molecule has 1 rings (SSSR count). The number of hydrogen-bond donors (Lipinski definition) is 3. The van der Waals surface area contributed by atoms with E-state index in [0.29, 0.717) is 6.54 Å². The number of nitrogens with one attached hydrogen (secondary N) is 2. The highest BCUT2D eigenvalue weighted by Gasteiger charge is 1.98. The summed E-state index contributed by atoms with van der Waals surface area (Å²) in [6, 6.07) is 7.02. The Bertz CT molecular complexity index is 315. The second-order valence-corrected chi connectivity index (χ2v) is 2.68. The molecule has 0 aliphatic carbocycles. The van der Waals surface area contributed by atoms with Crippen LogP contribution in [0.1, 0.15) is 5.56 Å². The molecule has 0 aliphatic heterocycles. The number of carbonyl (C=O) groups is 1. The maximum atomic E-state index is 10.8. The lowest BCUT2D eigenvalue weighted by Gasteiger charge is -2.05. The molecule has 0 heterocycles. The third kappa shape index (κ3) is 2.95. The zero-order chi connectivity index (χ0) is 10.4. The number of urea groups is 1. The van der Waals surface area contributed by atoms with E-state index >= 15 is 0 Å². The lowest BCUT2D eigenvalue weighted by molar-refractivity contribution is 0.240. The van der Waals surface area contributed by atoms with E-state index in [9.17, 15) is 4.79 Å². The summed E-state index contributed by atoms with van der Waals surface area (Å²) in [5, 5.41) is 2.57. The summed E-state index contributed by atoms with van der Waals surface area (Å²) in [7, 11) is 1.60. The van der Waals surface area contributed by atoms with E-state index in [-0.39, 0.29) is 0 Å². The Morgan fingerprint density at radius 3 is 3.00 bits per heavy atom. The first-order valence-corrected chi connectivity index (χ1v) is 4.13. The number of hydrazine groups is 1. The molecule has 1 aromatic carbocycles. The van der Waals surface area contributed by atoms with Crippen molar-refractivity contribution in [1.29, 1.82) is 0 Å². The van der Waals surface area contributed by atoms with Gasteiger partial charge in [0.1, 0.15) is 5.75 Å². The Balaban J connectivity index is 2.54. The fourth-order valence-corrected chi connectivity index (χ4v) is 1.02. The van der Waals surface area contributed by atoms with Gasteiger partial charge in [-0.2, -0.15) is 0 Å². The second kappa shape index (κ2) is 5.08. The molecule has 0 spiro atoms. The quantitative estimate of drug-likeness (QED) is 0.370. The van der Waals surface area contributed by atoms with Crippen LogP contribution in [0.15, 0.2) is 24.3 Å². The molecule has 2 amide bonds. The molecule has 0 unspecified atom stereocenters. The van der Waals surface area contributed by atoms with Gasteiger partial charge in [-0.05, 0) is 17.7 Å². The van der Waals surface area contributed by atoms with Gasteiger partial charge in [-0.1, -0.05) is 12.1 Å². The fourth-order valence-electron chi connectivity index (χ4n) is 1.02. The van der Waals surface area contributed by atoms with Crippen LogP contribution in [-0.2, 0) is 6.54 Å². The number of carbonyl (C=O) groups excluding carboxylic acids is 1. The molecule has 0 fully saturated rings. The van der Waals surface area contributed by atoms with Crippen LogP contribution in [0.25, 0.3) is 0 Å². The molecule has 0 aliphatic rings. The van der Waals surface area contributed by atoms with Crippen LogP contribution in [0.2, 0.25) is 0 Å². The average molecular weight is 195 g/mol. The van der Waals surface area contributed by atoms with Gasteiger partial charge in [-0.25, -0.2) is 10.6 Å². The number of methoxy groups -OCH3 is 1. The molecule has 0 saturated heterocycles. The van der Waals surface area contributed by atoms with Crippen molar-refractivity contribution < 1.29 is 9.53 Å². The topological polar surface area (TPSA) is 76.4 Å². The number of benzene rings is 1. The Labute approximate surface area is 82.2 Å². The first-order chi connectivity index (χ1) is 6.76. The van der Waals surface area contributed by atoms with E-state index in [0.717, 1.165) is 11.3 Å². The molecule has 1 aromatic rings. The number of hydrogen-bond acceptors (Lipinski definition) is 3. The number of ether oxygens (including phenoxy) is 1. The first-order valence-electron chi connectivity index (χ1n) is 4.13. The van der Waals surface area contributed by atoms with Crippen molar-refractivity contribution >= 4 is 6.03 Å². The standard InChI is InChI=1S/C9H13N3O2/c1-14-8-4-2-3-7(5-8)6-11-9(13)12-10/h2-5H,6,10H2,1H3,(H2,11,12,13). The molecule has 0 saturated carbocycles. The Morgan fingerprint density at radius 1 is 1.57 bits per heavy atom. The Kier molecular flexibility index (Phi) is 3.75. The van der Waals surface area contributed by atoms with Crippen molar-refractivity contribution in [2.24, 2.45) is 5.84 Å². The highest BCUT2D eigenvalue weighted by atomic mass is 16.5. The maximum Gasteiger partial charge on any atom is 0.329 e. The van der Waals surface area contributed by atoms with E-state index in [2.05, 4.69) is 5.32 Å². The smallest absolute Gasteiger partial charge is 0.329 e. The lowest BCUT2D eigenvalue weighted by atomic mass is 10.2. The predicted octanol–water partition coefficient (Wildman–Crippen LogP) is 0.368. The van der Waals surface area contributed by atoms with E-state index < -0.39 is 6.03 Å². The molecule has 76 valence electrons. The summed E-state index contributed by atoms with van der Waals surface area (Å²) in [4.78, 5) is 10.8. The largest absolute Gasteiger partial charge is 0.497 e. The van der Waals surface area contributed by atoms with Crippen molar-refractivity contribution in [1.82, 2.24) is 10.7 Å². The third-order valence-electron chi connectivity index (χ3n) is 1.72. The van der Waals surface area contributed by atoms with Crippen molar-refractivity contribution in [2.75, 3.05) is 7.11 Å². The molecule has 4 N–H and O–H groups in total. The minimum Gasteiger partial charge on any atom is -0.497 e. The predicted molar refractivity (Wildman–Crippen MR) is 52.6 cm³/mol. The molecule has 14 heavy (non-hydrogen) atoms. The summed E-state index contributed by atoms with van der Waals surface area (Å²) >= 11 is 0. The summed E-state index contributed by atoms with van der Waals surface area (Å²) in [6.45, 7) is 0.417. The van der Waals surface area contributed by atoms with E-state index in [4.69, 9.17) is 10.6 Å². The highest BCUT2D eigenvalue weighted by Crippen LogP contribution is 2.11. The number of rotatable bonds is 3. The van der Waals surface area contributed by atoms with Crippen molar-refractivity contribution in [3.63, 3.8) is 0 Å². The van der Waals surface area contributed by atoms with Gasteiger partial charge in [0.2, 0.25) is 0 Å². The number of nitrogens with two attached hydrogens (primary N) is 1. The van der Waals surface area contributed by atoms with Crippen LogP contribution in [0, 0.1) is 0 Å². The van der Waals surface area contributed by atoms with Gasteiger partial charge in [-0.3, -0.25) is 5.43 Å². The SMILES string of the molecule is COc1cccc(CNC(=O)NN)c1. The molecular weight excluding hydrogens is 182 g/mol. The first kappa shape index (κ1) is 10.3. The fraction of sp³-hybridized carbons (Fsp3) is 0.222. The van der Waals surface area contributed by atoms with Crippen LogP contribution < -0.4 is 21.3 Å². The van der Waals surface area contributed by atoms with Gasteiger partial charge >= 0.3 is 6.03 Å². The van der Waals surface area contributed by atoms with Crippen LogP contribution in [0.5, 0.6) is 5.75 Å². The Hall–Kier alpha value is -1.75. The van der Waals surface area contributed by atoms with Crippen LogP contribution in [0.3, 0.4) is 0 Å². The number of amides is 2. The molecule has 5 nitrogen and oxygen atoms in total. The highest BCUT2D eigenvalue weighted by molar-refractivity contribution is 5.73. The second-order valence-electron chi connectivity index (χ2n) is 2.68. The van der Waals surface area contributed by atoms with Gasteiger partial charge in [0.15, 0.2) is 0 Å². The average Bonchev–Trinajstić information content (AvgIpc) is 2.26. The lowest BCUT2D eigenvalue weighted by Crippen LogP contribution is -2.39. The zero-order valence-corrected chi connectivity index (χ0v) is 7.91.